The van der Waals surface area contributed by atoms with E-state index in [0.29, 0.717) is 5.92 Å². The first-order chi connectivity index (χ1) is 13.7. The van der Waals surface area contributed by atoms with Crippen LogP contribution in [0.3, 0.4) is 0 Å². The van der Waals surface area contributed by atoms with E-state index < -0.39 is 0 Å². The molecule has 6 heteroatoms. The van der Waals surface area contributed by atoms with Crippen molar-refractivity contribution in [3.05, 3.63) is 48.3 Å². The molecule has 4 rings (SSSR count). The van der Waals surface area contributed by atoms with Gasteiger partial charge in [0.05, 0.1) is 17.3 Å². The van der Waals surface area contributed by atoms with Crippen LogP contribution in [-0.4, -0.2) is 30.4 Å². The SMILES string of the molecule is COc1ccc2nc(N(C)Cc3cccnc3)sc2c1.O=CC1CCCCC1. The minimum Gasteiger partial charge on any atom is -0.497 e. The van der Waals surface area contributed by atoms with Gasteiger partial charge in [-0.1, -0.05) is 36.7 Å². The van der Waals surface area contributed by atoms with Crippen molar-refractivity contribution in [2.45, 2.75) is 38.6 Å². The van der Waals surface area contributed by atoms with Crippen LogP contribution in [0.5, 0.6) is 5.75 Å². The van der Waals surface area contributed by atoms with Crippen LogP contribution in [0.2, 0.25) is 0 Å². The monoisotopic (exact) mass is 397 g/mol. The van der Waals surface area contributed by atoms with Crippen LogP contribution in [0.25, 0.3) is 10.2 Å². The summed E-state index contributed by atoms with van der Waals surface area (Å²) in [5, 5.41) is 0.997. The van der Waals surface area contributed by atoms with Crippen LogP contribution >= 0.6 is 11.3 Å². The number of hydrogen-bond donors (Lipinski definition) is 0. The van der Waals surface area contributed by atoms with E-state index in [2.05, 4.69) is 20.9 Å². The second-order valence-electron chi connectivity index (χ2n) is 7.08. The summed E-state index contributed by atoms with van der Waals surface area (Å²) in [6.07, 6.45) is 10.9. The molecule has 0 amide bonds. The van der Waals surface area contributed by atoms with Crippen molar-refractivity contribution in [3.8, 4) is 5.75 Å². The van der Waals surface area contributed by atoms with Crippen molar-refractivity contribution in [1.29, 1.82) is 0 Å². The Morgan fingerprint density at radius 3 is 2.71 bits per heavy atom. The van der Waals surface area contributed by atoms with E-state index in [1.165, 1.54) is 24.8 Å². The van der Waals surface area contributed by atoms with Gasteiger partial charge in [-0.05, 0) is 42.7 Å². The quantitative estimate of drug-likeness (QED) is 0.561. The van der Waals surface area contributed by atoms with E-state index in [1.807, 2.05) is 37.5 Å². The number of anilines is 1. The first-order valence-electron chi connectivity index (χ1n) is 9.69. The Kier molecular flexibility index (Phi) is 7.37. The highest BCUT2D eigenvalue weighted by atomic mass is 32.1. The van der Waals surface area contributed by atoms with Crippen molar-refractivity contribution < 1.29 is 9.53 Å². The zero-order valence-electron chi connectivity index (χ0n) is 16.5. The molecule has 1 aliphatic rings. The van der Waals surface area contributed by atoms with E-state index in [-0.39, 0.29) is 0 Å². The van der Waals surface area contributed by atoms with Crippen LogP contribution in [0.4, 0.5) is 5.13 Å². The molecule has 28 heavy (non-hydrogen) atoms. The van der Waals surface area contributed by atoms with Gasteiger partial charge in [-0.3, -0.25) is 4.98 Å². The number of hydrogen-bond acceptors (Lipinski definition) is 6. The van der Waals surface area contributed by atoms with Crippen molar-refractivity contribution in [2.75, 3.05) is 19.1 Å². The normalized spacial score (nSPS) is 14.2. The average Bonchev–Trinajstić information content (AvgIpc) is 3.19. The number of aromatic nitrogens is 2. The molecular weight excluding hydrogens is 370 g/mol. The number of aldehydes is 1. The molecule has 5 nitrogen and oxygen atoms in total. The molecule has 0 N–H and O–H groups in total. The van der Waals surface area contributed by atoms with Crippen LogP contribution in [0.1, 0.15) is 37.7 Å². The summed E-state index contributed by atoms with van der Waals surface area (Å²) < 4.78 is 6.38. The third-order valence-electron chi connectivity index (χ3n) is 4.90. The number of thiazole rings is 1. The zero-order chi connectivity index (χ0) is 19.8. The molecule has 148 valence electrons. The Hall–Kier alpha value is -2.47. The summed E-state index contributed by atoms with van der Waals surface area (Å²) in [6, 6.07) is 9.97. The van der Waals surface area contributed by atoms with Gasteiger partial charge in [-0.15, -0.1) is 0 Å². The maximum atomic E-state index is 10.2. The Morgan fingerprint density at radius 2 is 2.07 bits per heavy atom. The lowest BCUT2D eigenvalue weighted by atomic mass is 9.91. The number of fused-ring (bicyclic) bond motifs is 1. The number of carbonyl (C=O) groups is 1. The molecule has 1 aliphatic carbocycles. The summed E-state index contributed by atoms with van der Waals surface area (Å²) in [5.41, 5.74) is 2.18. The smallest absolute Gasteiger partial charge is 0.186 e. The fourth-order valence-corrected chi connectivity index (χ4v) is 4.24. The number of carbonyl (C=O) groups excluding carboxylic acids is 1. The van der Waals surface area contributed by atoms with E-state index in [9.17, 15) is 4.79 Å². The number of ether oxygens (including phenoxy) is 1. The molecule has 1 fully saturated rings. The third-order valence-corrected chi connectivity index (χ3v) is 6.03. The van der Waals surface area contributed by atoms with Gasteiger partial charge in [0, 0.05) is 31.9 Å². The molecule has 1 saturated carbocycles. The van der Waals surface area contributed by atoms with Crippen LogP contribution in [0, 0.1) is 5.92 Å². The molecular formula is C22H27N3O2S. The van der Waals surface area contributed by atoms with E-state index in [0.717, 1.165) is 46.8 Å². The number of rotatable bonds is 5. The minimum absolute atomic E-state index is 0.406. The second-order valence-corrected chi connectivity index (χ2v) is 8.09. The van der Waals surface area contributed by atoms with E-state index in [1.54, 1.807) is 24.6 Å². The molecule has 0 radical (unpaired) electrons. The molecule has 3 aromatic rings. The summed E-state index contributed by atoms with van der Waals surface area (Å²) in [4.78, 5) is 21.1. The molecule has 0 spiro atoms. The van der Waals surface area contributed by atoms with Gasteiger partial charge in [0.15, 0.2) is 5.13 Å². The van der Waals surface area contributed by atoms with Gasteiger partial charge >= 0.3 is 0 Å². The molecule has 0 aliphatic heterocycles. The Labute approximate surface area is 170 Å². The van der Waals surface area contributed by atoms with Crippen LogP contribution < -0.4 is 9.64 Å². The van der Waals surface area contributed by atoms with Crippen molar-refractivity contribution >= 4 is 33.0 Å². The Bertz CT molecular complexity index is 876. The van der Waals surface area contributed by atoms with Gasteiger partial charge in [-0.25, -0.2) is 4.98 Å². The molecule has 0 atom stereocenters. The highest BCUT2D eigenvalue weighted by Gasteiger charge is 2.11. The Balaban J connectivity index is 0.000000236. The van der Waals surface area contributed by atoms with E-state index >= 15 is 0 Å². The minimum atomic E-state index is 0.406. The highest BCUT2D eigenvalue weighted by molar-refractivity contribution is 7.22. The second kappa shape index (κ2) is 10.2. The predicted molar refractivity (Wildman–Crippen MR) is 115 cm³/mol. The van der Waals surface area contributed by atoms with E-state index in [4.69, 9.17) is 4.74 Å². The largest absolute Gasteiger partial charge is 0.497 e. The lowest BCUT2D eigenvalue weighted by Gasteiger charge is -2.14. The van der Waals surface area contributed by atoms with Gasteiger partial charge < -0.3 is 14.4 Å². The number of nitrogens with zero attached hydrogens (tertiary/aromatic N) is 3. The predicted octanol–water partition coefficient (Wildman–Crippen LogP) is 5.10. The fraction of sp³-hybridized carbons (Fsp3) is 0.409. The Morgan fingerprint density at radius 1 is 1.25 bits per heavy atom. The zero-order valence-corrected chi connectivity index (χ0v) is 17.3. The molecule has 2 heterocycles. The standard InChI is InChI=1S/C15H15N3OS.C7H12O/c1-18(10-11-4-3-7-16-9-11)15-17-13-6-5-12(19-2)8-14(13)20-15;8-6-7-4-2-1-3-5-7/h3-9H,10H2,1-2H3;6-7H,1-5H2. The molecule has 0 unspecified atom stereocenters. The van der Waals surface area contributed by atoms with Gasteiger partial charge in [0.25, 0.3) is 0 Å². The van der Waals surface area contributed by atoms with Crippen molar-refractivity contribution in [1.82, 2.24) is 9.97 Å². The molecule has 1 aromatic carbocycles. The first kappa shape index (κ1) is 20.3. The lowest BCUT2D eigenvalue weighted by molar-refractivity contribution is -0.111. The molecule has 0 bridgehead atoms. The number of benzene rings is 1. The van der Waals surface area contributed by atoms with Gasteiger partial charge in [0.1, 0.15) is 12.0 Å². The maximum absolute atomic E-state index is 10.2. The van der Waals surface area contributed by atoms with Crippen molar-refractivity contribution in [3.63, 3.8) is 0 Å². The first-order valence-corrected chi connectivity index (χ1v) is 10.5. The summed E-state index contributed by atoms with van der Waals surface area (Å²) in [6.45, 7) is 0.796. The summed E-state index contributed by atoms with van der Waals surface area (Å²) in [7, 11) is 3.72. The van der Waals surface area contributed by atoms with Gasteiger partial charge in [-0.2, -0.15) is 0 Å². The molecule has 0 saturated heterocycles. The van der Waals surface area contributed by atoms with Crippen molar-refractivity contribution in [2.24, 2.45) is 5.92 Å². The maximum Gasteiger partial charge on any atom is 0.186 e. The summed E-state index contributed by atoms with van der Waals surface area (Å²) in [5.74, 6) is 1.27. The van der Waals surface area contributed by atoms with Gasteiger partial charge in [0.2, 0.25) is 0 Å². The number of pyridine rings is 1. The topological polar surface area (TPSA) is 55.3 Å². The lowest BCUT2D eigenvalue weighted by Crippen LogP contribution is -2.15. The fourth-order valence-electron chi connectivity index (χ4n) is 3.29. The third kappa shape index (κ3) is 5.52. The highest BCUT2D eigenvalue weighted by Crippen LogP contribution is 2.31. The number of methoxy groups -OCH3 is 1. The summed E-state index contributed by atoms with van der Waals surface area (Å²) >= 11 is 1.67. The van der Waals surface area contributed by atoms with Crippen LogP contribution in [0.15, 0.2) is 42.7 Å². The van der Waals surface area contributed by atoms with Crippen LogP contribution in [-0.2, 0) is 11.3 Å². The molecule has 2 aromatic heterocycles. The average molecular weight is 398 g/mol.